The monoisotopic (exact) mass is 259 g/mol. The smallest absolute Gasteiger partial charge is 0.312 e. The van der Waals surface area contributed by atoms with Crippen molar-refractivity contribution in [2.24, 2.45) is 7.05 Å². The van der Waals surface area contributed by atoms with Crippen molar-refractivity contribution in [2.75, 3.05) is 0 Å². The van der Waals surface area contributed by atoms with Crippen LogP contribution in [-0.2, 0) is 13.6 Å². The van der Waals surface area contributed by atoms with Gasteiger partial charge in [0.1, 0.15) is 5.82 Å². The molecule has 0 radical (unpaired) electrons. The van der Waals surface area contributed by atoms with Crippen LogP contribution in [0.3, 0.4) is 0 Å². The van der Waals surface area contributed by atoms with E-state index >= 15 is 0 Å². The lowest BCUT2D eigenvalue weighted by molar-refractivity contribution is 0.591. The minimum Gasteiger partial charge on any atom is -0.312 e. The molecule has 0 saturated carbocycles. The van der Waals surface area contributed by atoms with Crippen molar-refractivity contribution < 1.29 is 4.39 Å². The molecule has 1 aromatic carbocycles. The fourth-order valence-electron chi connectivity index (χ4n) is 1.64. The summed E-state index contributed by atoms with van der Waals surface area (Å²) in [6, 6.07) is 5.81. The molecule has 0 amide bonds. The molecule has 96 valence electrons. The zero-order valence-corrected chi connectivity index (χ0v) is 10.1. The second-order valence-corrected chi connectivity index (χ2v) is 4.07. The van der Waals surface area contributed by atoms with E-state index in [0.29, 0.717) is 0 Å². The number of rotatable bonds is 2. The Morgan fingerprint density at radius 2 is 2.00 bits per heavy atom. The highest BCUT2D eigenvalue weighted by Gasteiger charge is 2.07. The van der Waals surface area contributed by atoms with Gasteiger partial charge in [0.2, 0.25) is 0 Å². The van der Waals surface area contributed by atoms with Gasteiger partial charge in [-0.25, -0.2) is 4.39 Å². The molecule has 2 aromatic rings. The fraction of sp³-hybridized carbons (Fsp3) is 0.154. The van der Waals surface area contributed by atoms with E-state index in [-0.39, 0.29) is 17.7 Å². The minimum absolute atomic E-state index is 0.0492. The summed E-state index contributed by atoms with van der Waals surface area (Å²) in [6.45, 7) is -0.0492. The summed E-state index contributed by atoms with van der Waals surface area (Å²) in [5, 5.41) is 8.64. The first kappa shape index (κ1) is 12.8. The van der Waals surface area contributed by atoms with Crippen LogP contribution in [-0.4, -0.2) is 9.13 Å². The third kappa shape index (κ3) is 2.45. The molecule has 5 nitrogen and oxygen atoms in total. The van der Waals surface area contributed by atoms with Crippen molar-refractivity contribution in [1.82, 2.24) is 9.13 Å². The lowest BCUT2D eigenvalue weighted by Crippen LogP contribution is -2.39. The molecule has 0 unspecified atom stereocenters. The average Bonchev–Trinajstić information content (AvgIpc) is 2.41. The highest BCUT2D eigenvalue weighted by molar-refractivity contribution is 5.32. The topological polar surface area (TPSA) is 67.8 Å². The van der Waals surface area contributed by atoms with E-state index in [1.165, 1.54) is 31.6 Å². The van der Waals surface area contributed by atoms with Gasteiger partial charge in [0, 0.05) is 25.0 Å². The van der Waals surface area contributed by atoms with Crippen LogP contribution < -0.4 is 11.1 Å². The van der Waals surface area contributed by atoms with Crippen LogP contribution in [0.15, 0.2) is 40.2 Å². The van der Waals surface area contributed by atoms with E-state index in [1.54, 1.807) is 0 Å². The SMILES string of the molecule is Cn1ccn(Cc2ccc(C#N)cc2F)c(=O)c1=O. The molecule has 1 heterocycles. The number of hydrogen-bond donors (Lipinski definition) is 0. The molecule has 0 atom stereocenters. The first-order valence-corrected chi connectivity index (χ1v) is 5.47. The number of nitrogens with zero attached hydrogens (tertiary/aromatic N) is 3. The molecule has 2 rings (SSSR count). The minimum atomic E-state index is -0.714. The Balaban J connectivity index is 2.43. The van der Waals surface area contributed by atoms with Gasteiger partial charge in [-0.3, -0.25) is 9.59 Å². The van der Waals surface area contributed by atoms with Gasteiger partial charge in [-0.1, -0.05) is 6.07 Å². The number of hydrogen-bond acceptors (Lipinski definition) is 3. The molecular formula is C13H10FN3O2. The standard InChI is InChI=1S/C13H10FN3O2/c1-16-4-5-17(13(19)12(16)18)8-10-3-2-9(7-15)6-11(10)14/h2-6H,8H2,1H3. The zero-order valence-electron chi connectivity index (χ0n) is 10.1. The summed E-state index contributed by atoms with van der Waals surface area (Å²) in [5.74, 6) is -0.577. The Kier molecular flexibility index (Phi) is 3.29. The van der Waals surface area contributed by atoms with Gasteiger partial charge in [0.25, 0.3) is 0 Å². The molecular weight excluding hydrogens is 249 g/mol. The van der Waals surface area contributed by atoms with Gasteiger partial charge in [-0.05, 0) is 12.1 Å². The molecule has 0 saturated heterocycles. The van der Waals surface area contributed by atoms with E-state index in [1.807, 2.05) is 6.07 Å². The van der Waals surface area contributed by atoms with Crippen LogP contribution in [0.4, 0.5) is 4.39 Å². The summed E-state index contributed by atoms with van der Waals surface area (Å²) >= 11 is 0. The molecule has 1 aromatic heterocycles. The van der Waals surface area contributed by atoms with Crippen molar-refractivity contribution >= 4 is 0 Å². The van der Waals surface area contributed by atoms with E-state index < -0.39 is 16.9 Å². The fourth-order valence-corrected chi connectivity index (χ4v) is 1.64. The first-order chi connectivity index (χ1) is 9.02. The molecule has 0 aliphatic heterocycles. The summed E-state index contributed by atoms with van der Waals surface area (Å²) in [5.41, 5.74) is -0.933. The van der Waals surface area contributed by atoms with E-state index in [0.717, 1.165) is 15.2 Å². The third-order valence-electron chi connectivity index (χ3n) is 2.76. The highest BCUT2D eigenvalue weighted by atomic mass is 19.1. The third-order valence-corrected chi connectivity index (χ3v) is 2.76. The maximum atomic E-state index is 13.7. The second kappa shape index (κ2) is 4.90. The van der Waals surface area contributed by atoms with Crippen LogP contribution in [0.5, 0.6) is 0 Å². The van der Waals surface area contributed by atoms with Crippen LogP contribution in [0.1, 0.15) is 11.1 Å². The van der Waals surface area contributed by atoms with Crippen molar-refractivity contribution in [3.63, 3.8) is 0 Å². The molecule has 0 aliphatic carbocycles. The number of aryl methyl sites for hydroxylation is 1. The number of nitriles is 1. The van der Waals surface area contributed by atoms with Gasteiger partial charge in [0.05, 0.1) is 18.2 Å². The highest BCUT2D eigenvalue weighted by Crippen LogP contribution is 2.10. The van der Waals surface area contributed by atoms with Crippen molar-refractivity contribution in [2.45, 2.75) is 6.54 Å². The second-order valence-electron chi connectivity index (χ2n) is 4.07. The summed E-state index contributed by atoms with van der Waals surface area (Å²) in [6.07, 6.45) is 2.85. The molecule has 0 aliphatic rings. The van der Waals surface area contributed by atoms with Crippen LogP contribution in [0.2, 0.25) is 0 Å². The maximum absolute atomic E-state index is 13.7. The number of aromatic nitrogens is 2. The molecule has 6 heteroatoms. The van der Waals surface area contributed by atoms with Crippen LogP contribution in [0.25, 0.3) is 0 Å². The lowest BCUT2D eigenvalue weighted by atomic mass is 10.1. The average molecular weight is 259 g/mol. The maximum Gasteiger partial charge on any atom is 0.316 e. The van der Waals surface area contributed by atoms with Gasteiger partial charge in [-0.15, -0.1) is 0 Å². The Morgan fingerprint density at radius 1 is 1.26 bits per heavy atom. The molecule has 0 fully saturated rings. The van der Waals surface area contributed by atoms with Crippen LogP contribution >= 0.6 is 0 Å². The largest absolute Gasteiger partial charge is 0.316 e. The molecule has 19 heavy (non-hydrogen) atoms. The van der Waals surface area contributed by atoms with E-state index in [9.17, 15) is 14.0 Å². The van der Waals surface area contributed by atoms with Gasteiger partial charge >= 0.3 is 11.1 Å². The Hall–Kier alpha value is -2.68. The van der Waals surface area contributed by atoms with E-state index in [4.69, 9.17) is 5.26 Å². The van der Waals surface area contributed by atoms with Crippen LogP contribution in [0, 0.1) is 17.1 Å². The van der Waals surface area contributed by atoms with Crippen molar-refractivity contribution in [3.05, 3.63) is 68.2 Å². The molecule has 0 spiro atoms. The van der Waals surface area contributed by atoms with E-state index in [2.05, 4.69) is 0 Å². The van der Waals surface area contributed by atoms with Gasteiger partial charge < -0.3 is 9.13 Å². The summed E-state index contributed by atoms with van der Waals surface area (Å²) in [4.78, 5) is 23.1. The van der Waals surface area contributed by atoms with Gasteiger partial charge in [0.15, 0.2) is 0 Å². The van der Waals surface area contributed by atoms with Crippen molar-refractivity contribution in [1.29, 1.82) is 5.26 Å². The lowest BCUT2D eigenvalue weighted by Gasteiger charge is -2.07. The van der Waals surface area contributed by atoms with Gasteiger partial charge in [-0.2, -0.15) is 5.26 Å². The first-order valence-electron chi connectivity index (χ1n) is 5.47. The summed E-state index contributed by atoms with van der Waals surface area (Å²) < 4.78 is 16.0. The normalized spacial score (nSPS) is 10.2. The predicted molar refractivity (Wildman–Crippen MR) is 66.2 cm³/mol. The molecule has 0 bridgehead atoms. The number of benzene rings is 1. The Labute approximate surface area is 107 Å². The number of halogens is 1. The predicted octanol–water partition coefficient (Wildman–Crippen LogP) is 0.606. The Bertz CT molecular complexity index is 784. The van der Waals surface area contributed by atoms with Crippen molar-refractivity contribution in [3.8, 4) is 6.07 Å². The summed E-state index contributed by atoms with van der Waals surface area (Å²) in [7, 11) is 1.47. The quantitative estimate of drug-likeness (QED) is 0.742. The zero-order chi connectivity index (χ0) is 14.0. The molecule has 0 N–H and O–H groups in total. The Morgan fingerprint density at radius 3 is 2.63 bits per heavy atom.